The number of fused-ring (bicyclic) bond motifs is 1. The molecule has 0 fully saturated rings. The van der Waals surface area contributed by atoms with Gasteiger partial charge in [-0.2, -0.15) is 0 Å². The molecule has 1 aliphatic rings. The highest BCUT2D eigenvalue weighted by atomic mass is 32.1. The molecule has 2 aromatic heterocycles. The minimum Gasteiger partial charge on any atom is -0.491 e. The van der Waals surface area contributed by atoms with Crippen LogP contribution in [0.3, 0.4) is 0 Å². The zero-order chi connectivity index (χ0) is 14.1. The van der Waals surface area contributed by atoms with Crippen LogP contribution in [0.15, 0.2) is 59.3 Å². The molecule has 3 aromatic rings. The van der Waals surface area contributed by atoms with E-state index in [-0.39, 0.29) is 12.1 Å². The van der Waals surface area contributed by atoms with Crippen molar-refractivity contribution >= 4 is 22.7 Å². The second-order valence-electron chi connectivity index (χ2n) is 5.03. The monoisotopic (exact) mass is 313 g/mol. The highest BCUT2D eigenvalue weighted by molar-refractivity contribution is 7.11. The van der Waals surface area contributed by atoms with E-state index in [1.54, 1.807) is 22.7 Å². The van der Waals surface area contributed by atoms with Crippen molar-refractivity contribution in [2.45, 2.75) is 12.1 Å². The van der Waals surface area contributed by atoms with Crippen LogP contribution in [-0.2, 0) is 0 Å². The van der Waals surface area contributed by atoms with E-state index in [4.69, 9.17) is 4.74 Å². The molecule has 0 amide bonds. The van der Waals surface area contributed by atoms with Crippen LogP contribution in [0, 0.1) is 0 Å². The van der Waals surface area contributed by atoms with E-state index in [0.29, 0.717) is 6.61 Å². The summed E-state index contributed by atoms with van der Waals surface area (Å²) in [5, 5.41) is 8.04. The number of hydrogen-bond donors (Lipinski definition) is 1. The quantitative estimate of drug-likeness (QED) is 0.758. The molecule has 4 heteroatoms. The van der Waals surface area contributed by atoms with Gasteiger partial charge in [0, 0.05) is 15.3 Å². The summed E-state index contributed by atoms with van der Waals surface area (Å²) < 4.78 is 5.79. The zero-order valence-corrected chi connectivity index (χ0v) is 13.0. The lowest BCUT2D eigenvalue weighted by molar-refractivity contribution is 0.305. The fourth-order valence-corrected chi connectivity index (χ4v) is 4.40. The lowest BCUT2D eigenvalue weighted by Gasteiger charge is -2.20. The lowest BCUT2D eigenvalue weighted by atomic mass is 10.1. The predicted molar refractivity (Wildman–Crippen MR) is 88.3 cm³/mol. The summed E-state index contributed by atoms with van der Waals surface area (Å²) in [5.41, 5.74) is 1.26. The van der Waals surface area contributed by atoms with Gasteiger partial charge >= 0.3 is 0 Å². The molecular formula is C17H15NOS2. The summed E-state index contributed by atoms with van der Waals surface area (Å²) in [7, 11) is 0. The van der Waals surface area contributed by atoms with Crippen LogP contribution >= 0.6 is 22.7 Å². The normalized spacial score (nSPS) is 16.9. The summed E-state index contributed by atoms with van der Waals surface area (Å²) in [5.74, 6) is 1.01. The molecule has 1 N–H and O–H groups in total. The van der Waals surface area contributed by atoms with Crippen molar-refractivity contribution in [3.05, 3.63) is 74.6 Å². The summed E-state index contributed by atoms with van der Waals surface area (Å²) in [6.45, 7) is 0.701. The van der Waals surface area contributed by atoms with E-state index in [9.17, 15) is 0 Å². The highest BCUT2D eigenvalue weighted by Crippen LogP contribution is 2.36. The molecule has 106 valence electrons. The Kier molecular flexibility index (Phi) is 3.51. The summed E-state index contributed by atoms with van der Waals surface area (Å²) in [4.78, 5) is 2.70. The van der Waals surface area contributed by atoms with Crippen LogP contribution < -0.4 is 10.1 Å². The Labute approximate surface area is 132 Å². The first kappa shape index (κ1) is 13.1. The Morgan fingerprint density at radius 1 is 0.952 bits per heavy atom. The molecule has 0 aliphatic carbocycles. The number of hydrogen-bond acceptors (Lipinski definition) is 4. The van der Waals surface area contributed by atoms with E-state index < -0.39 is 0 Å². The highest BCUT2D eigenvalue weighted by Gasteiger charge is 2.27. The SMILES string of the molecule is c1csc(C(NC2COc3ccccc32)c2cccs2)c1. The van der Waals surface area contributed by atoms with Crippen LogP contribution in [0.2, 0.25) is 0 Å². The van der Waals surface area contributed by atoms with Crippen molar-refractivity contribution in [2.75, 3.05) is 6.61 Å². The number of para-hydroxylation sites is 1. The summed E-state index contributed by atoms with van der Waals surface area (Å²) in [6, 6.07) is 17.4. The fraction of sp³-hybridized carbons (Fsp3) is 0.176. The van der Waals surface area contributed by atoms with Gasteiger partial charge in [0.15, 0.2) is 0 Å². The summed E-state index contributed by atoms with van der Waals surface area (Å²) >= 11 is 3.59. The second kappa shape index (κ2) is 5.64. The molecule has 0 spiro atoms. The Morgan fingerprint density at radius 2 is 1.67 bits per heavy atom. The standard InChI is InChI=1S/C17H15NOS2/c1-2-6-14-12(5-1)13(11-19-14)18-17(15-7-3-9-20-15)16-8-4-10-21-16/h1-10,13,17-18H,11H2. The molecule has 2 nitrogen and oxygen atoms in total. The Morgan fingerprint density at radius 3 is 2.33 bits per heavy atom. The smallest absolute Gasteiger partial charge is 0.124 e. The van der Waals surface area contributed by atoms with Gasteiger partial charge in [-0.05, 0) is 29.0 Å². The molecule has 0 saturated heterocycles. The predicted octanol–water partition coefficient (Wildman–Crippen LogP) is 4.62. The van der Waals surface area contributed by atoms with Crippen molar-refractivity contribution in [1.82, 2.24) is 5.32 Å². The topological polar surface area (TPSA) is 21.3 Å². The average Bonchev–Trinajstić information content (AvgIpc) is 3.26. The van der Waals surface area contributed by atoms with Gasteiger partial charge in [0.2, 0.25) is 0 Å². The van der Waals surface area contributed by atoms with Crippen molar-refractivity contribution in [2.24, 2.45) is 0 Å². The molecule has 1 aromatic carbocycles. The molecule has 1 atom stereocenters. The molecule has 0 saturated carbocycles. The first-order valence-corrected chi connectivity index (χ1v) is 8.72. The molecule has 3 heterocycles. The Hall–Kier alpha value is -1.62. The number of benzene rings is 1. The maximum Gasteiger partial charge on any atom is 0.124 e. The third-order valence-corrected chi connectivity index (χ3v) is 5.60. The molecule has 1 aliphatic heterocycles. The van der Waals surface area contributed by atoms with E-state index in [1.807, 2.05) is 12.1 Å². The fourth-order valence-electron chi connectivity index (χ4n) is 2.72. The van der Waals surface area contributed by atoms with Crippen LogP contribution in [0.5, 0.6) is 5.75 Å². The van der Waals surface area contributed by atoms with E-state index >= 15 is 0 Å². The minimum absolute atomic E-state index is 0.241. The average molecular weight is 313 g/mol. The molecule has 4 rings (SSSR count). The number of rotatable bonds is 4. The van der Waals surface area contributed by atoms with Gasteiger partial charge in [-0.3, -0.25) is 5.32 Å². The zero-order valence-electron chi connectivity index (χ0n) is 11.4. The summed E-state index contributed by atoms with van der Waals surface area (Å²) in [6.07, 6.45) is 0. The first-order valence-electron chi connectivity index (χ1n) is 6.96. The first-order chi connectivity index (χ1) is 10.4. The lowest BCUT2D eigenvalue weighted by Crippen LogP contribution is -2.27. The third kappa shape index (κ3) is 2.50. The van der Waals surface area contributed by atoms with E-state index in [0.717, 1.165) is 5.75 Å². The van der Waals surface area contributed by atoms with Gasteiger partial charge in [0.1, 0.15) is 12.4 Å². The van der Waals surface area contributed by atoms with Crippen LogP contribution in [-0.4, -0.2) is 6.61 Å². The second-order valence-corrected chi connectivity index (χ2v) is 6.99. The molecule has 0 bridgehead atoms. The van der Waals surface area contributed by atoms with Crippen LogP contribution in [0.1, 0.15) is 27.4 Å². The maximum absolute atomic E-state index is 5.79. The van der Waals surface area contributed by atoms with Gasteiger partial charge in [-0.15, -0.1) is 22.7 Å². The van der Waals surface area contributed by atoms with E-state index in [2.05, 4.69) is 52.5 Å². The van der Waals surface area contributed by atoms with Crippen molar-refractivity contribution in [1.29, 1.82) is 0 Å². The Bertz CT molecular complexity index is 672. The van der Waals surface area contributed by atoms with E-state index in [1.165, 1.54) is 15.3 Å². The molecule has 21 heavy (non-hydrogen) atoms. The molecule has 1 unspecified atom stereocenters. The molecule has 0 radical (unpaired) electrons. The number of nitrogens with one attached hydrogen (secondary N) is 1. The third-order valence-electron chi connectivity index (χ3n) is 3.72. The van der Waals surface area contributed by atoms with Gasteiger partial charge in [0.05, 0.1) is 12.1 Å². The minimum atomic E-state index is 0.241. The largest absolute Gasteiger partial charge is 0.491 e. The van der Waals surface area contributed by atoms with Crippen molar-refractivity contribution in [3.63, 3.8) is 0 Å². The molecular weight excluding hydrogens is 298 g/mol. The van der Waals surface area contributed by atoms with Crippen molar-refractivity contribution < 1.29 is 4.74 Å². The van der Waals surface area contributed by atoms with Gasteiger partial charge in [0.25, 0.3) is 0 Å². The van der Waals surface area contributed by atoms with Gasteiger partial charge < -0.3 is 4.74 Å². The number of ether oxygens (including phenoxy) is 1. The number of thiophene rings is 2. The van der Waals surface area contributed by atoms with Crippen LogP contribution in [0.25, 0.3) is 0 Å². The van der Waals surface area contributed by atoms with Gasteiger partial charge in [-0.1, -0.05) is 30.3 Å². The Balaban J connectivity index is 1.65. The van der Waals surface area contributed by atoms with Crippen LogP contribution in [0.4, 0.5) is 0 Å². The van der Waals surface area contributed by atoms with Gasteiger partial charge in [-0.25, -0.2) is 0 Å². The van der Waals surface area contributed by atoms with Crippen molar-refractivity contribution in [3.8, 4) is 5.75 Å². The maximum atomic E-state index is 5.79.